The number of nitriles is 1. The second kappa shape index (κ2) is 2.22. The lowest BCUT2D eigenvalue weighted by atomic mass is 10.1. The van der Waals surface area contributed by atoms with Gasteiger partial charge in [-0.1, -0.05) is 0 Å². The molecule has 13 heavy (non-hydrogen) atoms. The van der Waals surface area contributed by atoms with Crippen LogP contribution in [0.1, 0.15) is 17.4 Å². The van der Waals surface area contributed by atoms with Gasteiger partial charge in [0.05, 0.1) is 11.6 Å². The van der Waals surface area contributed by atoms with Crippen LogP contribution in [0.2, 0.25) is 0 Å². The second-order valence-corrected chi connectivity index (χ2v) is 3.01. The van der Waals surface area contributed by atoms with Crippen molar-refractivity contribution < 1.29 is 9.57 Å². The number of rotatable bonds is 0. The fourth-order valence-corrected chi connectivity index (χ4v) is 1.49. The first kappa shape index (κ1) is 6.89. The number of hydrogen-bond acceptors (Lipinski definition) is 4. The molecule has 1 aromatic rings. The van der Waals surface area contributed by atoms with Gasteiger partial charge in [0.2, 0.25) is 0 Å². The Hall–Kier alpha value is -1.57. The molecule has 4 nitrogen and oxygen atoms in total. The first-order chi connectivity index (χ1) is 6.38. The summed E-state index contributed by atoms with van der Waals surface area (Å²) in [6.45, 7) is 0.476. The van der Waals surface area contributed by atoms with E-state index in [0.717, 1.165) is 11.3 Å². The Morgan fingerprint density at radius 2 is 2.46 bits per heavy atom. The van der Waals surface area contributed by atoms with E-state index in [2.05, 4.69) is 6.07 Å². The monoisotopic (exact) mass is 174 g/mol. The van der Waals surface area contributed by atoms with E-state index in [1.165, 1.54) is 0 Å². The maximum Gasteiger partial charge on any atom is 0.187 e. The summed E-state index contributed by atoms with van der Waals surface area (Å²) >= 11 is 0. The highest BCUT2D eigenvalue weighted by Crippen LogP contribution is 2.45. The molecule has 2 heterocycles. The number of nitrogens with zero attached hydrogens (tertiary/aromatic N) is 2. The highest BCUT2D eigenvalue weighted by atomic mass is 16.9. The van der Waals surface area contributed by atoms with Gasteiger partial charge in [0.25, 0.3) is 0 Å². The Morgan fingerprint density at radius 3 is 3.31 bits per heavy atom. The van der Waals surface area contributed by atoms with Gasteiger partial charge >= 0.3 is 0 Å². The molecule has 0 radical (unpaired) electrons. The first-order valence-electron chi connectivity index (χ1n) is 3.99. The number of ether oxygens (including phenoxy) is 1. The Morgan fingerprint density at radius 1 is 1.54 bits per heavy atom. The molecule has 0 N–H and O–H groups in total. The normalized spacial score (nSPS) is 27.9. The van der Waals surface area contributed by atoms with Crippen molar-refractivity contribution in [1.29, 1.82) is 5.26 Å². The summed E-state index contributed by atoms with van der Waals surface area (Å²) in [5.41, 5.74) is 1.59. The van der Waals surface area contributed by atoms with Crippen LogP contribution in [-0.4, -0.2) is 11.8 Å². The van der Waals surface area contributed by atoms with Gasteiger partial charge in [0.1, 0.15) is 5.75 Å². The summed E-state index contributed by atoms with van der Waals surface area (Å²) in [6, 6.07) is 7.45. The number of hydroxylamine groups is 2. The summed E-state index contributed by atoms with van der Waals surface area (Å²) in [7, 11) is 0. The molecule has 1 fully saturated rings. The third-order valence-corrected chi connectivity index (χ3v) is 2.20. The van der Waals surface area contributed by atoms with Gasteiger partial charge in [-0.15, -0.1) is 5.06 Å². The van der Waals surface area contributed by atoms with E-state index in [0.29, 0.717) is 12.3 Å². The summed E-state index contributed by atoms with van der Waals surface area (Å²) in [5, 5.41) is 10.4. The van der Waals surface area contributed by atoms with Crippen molar-refractivity contribution in [1.82, 2.24) is 5.06 Å². The predicted octanol–water partition coefficient (Wildman–Crippen LogP) is 1.15. The van der Waals surface area contributed by atoms with E-state index in [-0.39, 0.29) is 6.23 Å². The highest BCUT2D eigenvalue weighted by molar-refractivity contribution is 5.44. The van der Waals surface area contributed by atoms with E-state index in [4.69, 9.17) is 14.8 Å². The summed E-state index contributed by atoms with van der Waals surface area (Å²) in [5.74, 6) is 0.817. The minimum Gasteiger partial charge on any atom is -0.475 e. The molecule has 2 aliphatic rings. The molecule has 0 saturated carbocycles. The molecule has 0 amide bonds. The molecule has 1 saturated heterocycles. The lowest BCUT2D eigenvalue weighted by molar-refractivity contribution is 0.0983. The Labute approximate surface area is 74.8 Å². The third-order valence-electron chi connectivity index (χ3n) is 2.20. The fraction of sp³-hybridized carbons (Fsp3) is 0.222. The van der Waals surface area contributed by atoms with Crippen LogP contribution >= 0.6 is 0 Å². The van der Waals surface area contributed by atoms with Crippen molar-refractivity contribution in [3.05, 3.63) is 29.3 Å². The molecule has 0 aromatic heterocycles. The quantitative estimate of drug-likeness (QED) is 0.553. The summed E-state index contributed by atoms with van der Waals surface area (Å²) in [4.78, 5) is 5.20. The topological polar surface area (TPSA) is 48.6 Å². The first-order valence-corrected chi connectivity index (χ1v) is 3.99. The average Bonchev–Trinajstić information content (AvgIpc) is 2.96. The van der Waals surface area contributed by atoms with Gasteiger partial charge in [-0.3, -0.25) is 4.84 Å². The maximum absolute atomic E-state index is 8.69. The molecule has 0 bridgehead atoms. The molecule has 3 rings (SSSR count). The number of benzene rings is 1. The molecule has 0 spiro atoms. The van der Waals surface area contributed by atoms with Gasteiger partial charge < -0.3 is 4.74 Å². The van der Waals surface area contributed by atoms with Crippen molar-refractivity contribution in [2.45, 2.75) is 6.23 Å². The number of hydrogen-bond donors (Lipinski definition) is 0. The Balaban J connectivity index is 2.12. The highest BCUT2D eigenvalue weighted by Gasteiger charge is 2.44. The third kappa shape index (κ3) is 0.917. The van der Waals surface area contributed by atoms with Gasteiger partial charge in [-0.05, 0) is 18.2 Å². The van der Waals surface area contributed by atoms with Gasteiger partial charge in [-0.2, -0.15) is 5.26 Å². The summed E-state index contributed by atoms with van der Waals surface area (Å²) < 4.78 is 5.37. The SMILES string of the molecule is N#Cc1ccc2c(c1)C1ON1CO2. The van der Waals surface area contributed by atoms with Crippen LogP contribution in [0.25, 0.3) is 0 Å². The van der Waals surface area contributed by atoms with Crippen molar-refractivity contribution in [3.8, 4) is 11.8 Å². The lowest BCUT2D eigenvalue weighted by Gasteiger charge is -2.13. The zero-order valence-electron chi connectivity index (χ0n) is 6.73. The smallest absolute Gasteiger partial charge is 0.187 e. The van der Waals surface area contributed by atoms with E-state index < -0.39 is 0 Å². The van der Waals surface area contributed by atoms with Crippen LogP contribution in [0.15, 0.2) is 18.2 Å². The van der Waals surface area contributed by atoms with Gasteiger partial charge in [0.15, 0.2) is 13.0 Å². The Kier molecular flexibility index (Phi) is 1.18. The van der Waals surface area contributed by atoms with Crippen LogP contribution in [0, 0.1) is 11.3 Å². The van der Waals surface area contributed by atoms with E-state index >= 15 is 0 Å². The zero-order chi connectivity index (χ0) is 8.84. The molecule has 4 heteroatoms. The second-order valence-electron chi connectivity index (χ2n) is 3.01. The summed E-state index contributed by atoms with van der Waals surface area (Å²) in [6.07, 6.45) is 0.0112. The molecule has 2 aliphatic heterocycles. The van der Waals surface area contributed by atoms with Crippen LogP contribution in [0.4, 0.5) is 0 Å². The largest absolute Gasteiger partial charge is 0.475 e. The van der Waals surface area contributed by atoms with Crippen molar-refractivity contribution in [2.24, 2.45) is 0 Å². The van der Waals surface area contributed by atoms with Gasteiger partial charge in [0, 0.05) is 5.56 Å². The molecular weight excluding hydrogens is 168 g/mol. The molecule has 64 valence electrons. The standard InChI is InChI=1S/C9H6N2O2/c10-4-6-1-2-8-7(3-6)9-11(13-9)5-12-8/h1-3,9H,5H2. The zero-order valence-corrected chi connectivity index (χ0v) is 6.73. The van der Waals surface area contributed by atoms with Crippen molar-refractivity contribution in [3.63, 3.8) is 0 Å². The van der Waals surface area contributed by atoms with Crippen LogP contribution < -0.4 is 4.74 Å². The minimum atomic E-state index is 0.0112. The average molecular weight is 174 g/mol. The van der Waals surface area contributed by atoms with E-state index in [1.54, 1.807) is 17.2 Å². The van der Waals surface area contributed by atoms with E-state index in [9.17, 15) is 0 Å². The predicted molar refractivity (Wildman–Crippen MR) is 42.3 cm³/mol. The van der Waals surface area contributed by atoms with Crippen LogP contribution in [-0.2, 0) is 4.84 Å². The molecular formula is C9H6N2O2. The molecule has 2 unspecified atom stereocenters. The molecule has 1 aromatic carbocycles. The molecule has 0 aliphatic carbocycles. The van der Waals surface area contributed by atoms with Crippen LogP contribution in [0.3, 0.4) is 0 Å². The maximum atomic E-state index is 8.69. The fourth-order valence-electron chi connectivity index (χ4n) is 1.49. The Bertz CT molecular complexity index is 411. The van der Waals surface area contributed by atoms with Crippen LogP contribution in [0.5, 0.6) is 5.75 Å². The van der Waals surface area contributed by atoms with Gasteiger partial charge in [-0.25, -0.2) is 0 Å². The lowest BCUT2D eigenvalue weighted by Crippen LogP contribution is -2.14. The van der Waals surface area contributed by atoms with Crippen molar-refractivity contribution in [2.75, 3.05) is 6.73 Å². The number of fused-ring (bicyclic) bond motifs is 3. The van der Waals surface area contributed by atoms with E-state index in [1.807, 2.05) is 6.07 Å². The minimum absolute atomic E-state index is 0.0112. The van der Waals surface area contributed by atoms with Crippen molar-refractivity contribution >= 4 is 0 Å². The molecule has 2 atom stereocenters.